The van der Waals surface area contributed by atoms with Gasteiger partial charge in [-0.2, -0.15) is 22.5 Å². The van der Waals surface area contributed by atoms with Crippen LogP contribution in [0, 0.1) is 0 Å². The third-order valence-electron chi connectivity index (χ3n) is 2.83. The molecule has 1 aliphatic heterocycles. The molecule has 0 saturated carbocycles. The molecule has 2 N–H and O–H groups in total. The first kappa shape index (κ1) is 12.6. The maximum absolute atomic E-state index is 12.4. The summed E-state index contributed by atoms with van der Waals surface area (Å²) < 4.78 is 40.5. The smallest absolute Gasteiger partial charge is 0.344 e. The molecule has 2 rings (SSSR count). The van der Waals surface area contributed by atoms with Gasteiger partial charge < -0.3 is 10.6 Å². The molecule has 2 heterocycles. The van der Waals surface area contributed by atoms with E-state index in [2.05, 4.69) is 9.36 Å². The van der Waals surface area contributed by atoms with Gasteiger partial charge in [-0.15, -0.1) is 0 Å². The molecule has 1 aromatic heterocycles. The third kappa shape index (κ3) is 2.68. The van der Waals surface area contributed by atoms with Gasteiger partial charge >= 0.3 is 6.18 Å². The first-order valence-electron chi connectivity index (χ1n) is 5.31. The lowest BCUT2D eigenvalue weighted by Crippen LogP contribution is -2.45. The molecule has 1 fully saturated rings. The normalized spacial score (nSPS) is 26.3. The van der Waals surface area contributed by atoms with Crippen LogP contribution in [-0.4, -0.2) is 28.0 Å². The van der Waals surface area contributed by atoms with Gasteiger partial charge in [0.2, 0.25) is 11.0 Å². The Morgan fingerprint density at radius 3 is 2.71 bits per heavy atom. The van der Waals surface area contributed by atoms with Crippen LogP contribution in [0.4, 0.5) is 18.3 Å². The lowest BCUT2D eigenvalue weighted by atomic mass is 10.00. The topological polar surface area (TPSA) is 55.0 Å². The summed E-state index contributed by atoms with van der Waals surface area (Å²) in [7, 11) is 0. The van der Waals surface area contributed by atoms with Crippen molar-refractivity contribution in [3.05, 3.63) is 5.82 Å². The maximum Gasteiger partial charge on any atom is 0.452 e. The van der Waals surface area contributed by atoms with Gasteiger partial charge in [-0.1, -0.05) is 0 Å². The molecule has 2 atom stereocenters. The Kier molecular flexibility index (Phi) is 3.26. The molecule has 1 aromatic rings. The number of anilines is 1. The van der Waals surface area contributed by atoms with Crippen LogP contribution in [0.15, 0.2) is 0 Å². The molecule has 1 saturated heterocycles. The van der Waals surface area contributed by atoms with E-state index in [1.165, 1.54) is 0 Å². The Bertz CT molecular complexity index is 392. The summed E-state index contributed by atoms with van der Waals surface area (Å²) in [5, 5.41) is 0.330. The second-order valence-corrected chi connectivity index (χ2v) is 4.96. The van der Waals surface area contributed by atoms with Crippen LogP contribution in [0.5, 0.6) is 0 Å². The molecule has 8 heteroatoms. The Balaban J connectivity index is 2.15. The molecular weight excluding hydrogens is 253 g/mol. The van der Waals surface area contributed by atoms with Crippen LogP contribution < -0.4 is 10.6 Å². The van der Waals surface area contributed by atoms with E-state index in [9.17, 15) is 13.2 Å². The molecule has 0 amide bonds. The lowest BCUT2D eigenvalue weighted by Gasteiger charge is -2.35. The minimum atomic E-state index is -4.47. The van der Waals surface area contributed by atoms with Crippen molar-refractivity contribution in [2.24, 2.45) is 5.73 Å². The van der Waals surface area contributed by atoms with E-state index < -0.39 is 12.0 Å². The van der Waals surface area contributed by atoms with Gasteiger partial charge in [0.15, 0.2) is 0 Å². The van der Waals surface area contributed by atoms with Gasteiger partial charge in [0.25, 0.3) is 0 Å². The number of alkyl halides is 3. The molecule has 0 aliphatic carbocycles. The molecule has 0 bridgehead atoms. The van der Waals surface area contributed by atoms with Crippen LogP contribution in [0.25, 0.3) is 0 Å². The van der Waals surface area contributed by atoms with Gasteiger partial charge in [0, 0.05) is 30.2 Å². The number of halogens is 3. The summed E-state index contributed by atoms with van der Waals surface area (Å²) in [5.74, 6) is -1.06. The fourth-order valence-corrected chi connectivity index (χ4v) is 2.76. The average Bonchev–Trinajstić information content (AvgIpc) is 2.65. The zero-order valence-electron chi connectivity index (χ0n) is 9.24. The zero-order chi connectivity index (χ0) is 12.6. The van der Waals surface area contributed by atoms with Crippen LogP contribution in [0.3, 0.4) is 0 Å². The molecule has 0 spiro atoms. The minimum Gasteiger partial charge on any atom is -0.344 e. The van der Waals surface area contributed by atoms with E-state index in [1.807, 2.05) is 11.8 Å². The second-order valence-electron chi connectivity index (χ2n) is 4.23. The zero-order valence-corrected chi connectivity index (χ0v) is 10.1. The van der Waals surface area contributed by atoms with Crippen molar-refractivity contribution in [2.45, 2.75) is 38.0 Å². The van der Waals surface area contributed by atoms with Crippen molar-refractivity contribution in [1.29, 1.82) is 0 Å². The highest BCUT2D eigenvalue weighted by atomic mass is 32.1. The highest BCUT2D eigenvalue weighted by Gasteiger charge is 2.37. The Morgan fingerprint density at radius 2 is 2.18 bits per heavy atom. The standard InChI is InChI=1S/C9H13F3N4S/c1-5-4-6(13)2-3-16(5)8-14-7(15-17-8)9(10,11)12/h5-6H,2-4,13H2,1H3. The quantitative estimate of drug-likeness (QED) is 0.843. The Hall–Kier alpha value is -0.890. The van der Waals surface area contributed by atoms with Crippen molar-refractivity contribution in [2.75, 3.05) is 11.4 Å². The monoisotopic (exact) mass is 266 g/mol. The van der Waals surface area contributed by atoms with E-state index in [4.69, 9.17) is 5.73 Å². The van der Waals surface area contributed by atoms with Gasteiger partial charge in [-0.25, -0.2) is 0 Å². The first-order valence-corrected chi connectivity index (χ1v) is 6.08. The fraction of sp³-hybridized carbons (Fsp3) is 0.778. The summed E-state index contributed by atoms with van der Waals surface area (Å²) in [6.07, 6.45) is -2.93. The molecular formula is C9H13F3N4S. The summed E-state index contributed by atoms with van der Waals surface area (Å²) in [6.45, 7) is 2.57. The average molecular weight is 266 g/mol. The summed E-state index contributed by atoms with van der Waals surface area (Å²) in [5.41, 5.74) is 5.80. The SMILES string of the molecule is CC1CC(N)CCN1c1nc(C(F)(F)F)ns1. The van der Waals surface area contributed by atoms with E-state index in [-0.39, 0.29) is 12.1 Å². The lowest BCUT2D eigenvalue weighted by molar-refractivity contribution is -0.144. The van der Waals surface area contributed by atoms with Crippen LogP contribution in [0.1, 0.15) is 25.6 Å². The van der Waals surface area contributed by atoms with Crippen LogP contribution in [-0.2, 0) is 6.18 Å². The van der Waals surface area contributed by atoms with Crippen molar-refractivity contribution in [1.82, 2.24) is 9.36 Å². The summed E-state index contributed by atoms with van der Waals surface area (Å²) in [6, 6.07) is 0.226. The summed E-state index contributed by atoms with van der Waals surface area (Å²) in [4.78, 5) is 5.39. The molecule has 96 valence electrons. The maximum atomic E-state index is 12.4. The highest BCUT2D eigenvalue weighted by Crippen LogP contribution is 2.32. The second kappa shape index (κ2) is 4.41. The molecule has 0 aromatic carbocycles. The number of rotatable bonds is 1. The van der Waals surface area contributed by atoms with E-state index >= 15 is 0 Å². The van der Waals surface area contributed by atoms with Gasteiger partial charge in [0.1, 0.15) is 0 Å². The van der Waals surface area contributed by atoms with E-state index in [1.54, 1.807) is 0 Å². The molecule has 17 heavy (non-hydrogen) atoms. The van der Waals surface area contributed by atoms with Gasteiger partial charge in [0.05, 0.1) is 0 Å². The number of hydrogen-bond donors (Lipinski definition) is 1. The van der Waals surface area contributed by atoms with Crippen molar-refractivity contribution in [3.8, 4) is 0 Å². The molecule has 0 radical (unpaired) electrons. The Morgan fingerprint density at radius 1 is 1.47 bits per heavy atom. The third-order valence-corrected chi connectivity index (χ3v) is 3.58. The number of nitrogens with two attached hydrogens (primary N) is 1. The Labute approximate surface area is 101 Å². The van der Waals surface area contributed by atoms with Crippen molar-refractivity contribution < 1.29 is 13.2 Å². The van der Waals surface area contributed by atoms with E-state index in [0.29, 0.717) is 11.7 Å². The summed E-state index contributed by atoms with van der Waals surface area (Å²) >= 11 is 0.792. The predicted octanol–water partition coefficient (Wildman–Crippen LogP) is 1.87. The molecule has 2 unspecified atom stereocenters. The first-order chi connectivity index (χ1) is 7.88. The number of aromatic nitrogens is 2. The van der Waals surface area contributed by atoms with Crippen molar-refractivity contribution in [3.63, 3.8) is 0 Å². The van der Waals surface area contributed by atoms with Crippen molar-refractivity contribution >= 4 is 16.7 Å². The number of hydrogen-bond acceptors (Lipinski definition) is 5. The molecule has 1 aliphatic rings. The van der Waals surface area contributed by atoms with Gasteiger partial charge in [-0.05, 0) is 19.8 Å². The van der Waals surface area contributed by atoms with Gasteiger partial charge in [-0.3, -0.25) is 0 Å². The number of piperidine rings is 1. The number of nitrogens with zero attached hydrogens (tertiary/aromatic N) is 3. The van der Waals surface area contributed by atoms with Crippen LogP contribution >= 0.6 is 11.5 Å². The fourth-order valence-electron chi connectivity index (χ4n) is 1.94. The van der Waals surface area contributed by atoms with Crippen LogP contribution in [0.2, 0.25) is 0 Å². The molecule has 4 nitrogen and oxygen atoms in total. The largest absolute Gasteiger partial charge is 0.452 e. The highest BCUT2D eigenvalue weighted by molar-refractivity contribution is 7.09. The van der Waals surface area contributed by atoms with E-state index in [0.717, 1.165) is 24.4 Å². The minimum absolute atomic E-state index is 0.104. The predicted molar refractivity (Wildman–Crippen MR) is 58.9 cm³/mol.